The summed E-state index contributed by atoms with van der Waals surface area (Å²) in [5.41, 5.74) is 2.82. The summed E-state index contributed by atoms with van der Waals surface area (Å²) in [5, 5.41) is 7.99. The largest absolute Gasteiger partial charge is 0.376 e. The van der Waals surface area contributed by atoms with Crippen molar-refractivity contribution in [2.75, 3.05) is 6.61 Å². The zero-order valence-electron chi connectivity index (χ0n) is 12.3. The predicted molar refractivity (Wildman–Crippen MR) is 92.3 cm³/mol. The molecule has 106 valence electrons. The molecule has 0 aromatic heterocycles. The first-order valence-corrected chi connectivity index (χ1v) is 7.83. The highest BCUT2D eigenvalue weighted by molar-refractivity contribution is 6.05. The van der Waals surface area contributed by atoms with Gasteiger partial charge in [-0.05, 0) is 74.1 Å². The average molecular weight is 284 g/mol. The van der Waals surface area contributed by atoms with Gasteiger partial charge in [0.25, 0.3) is 0 Å². The van der Waals surface area contributed by atoms with Crippen molar-refractivity contribution >= 4 is 32.3 Å². The molecule has 0 aliphatic carbocycles. The Bertz CT molecular complexity index is 1030. The molecule has 1 heteroatoms. The lowest BCUT2D eigenvalue weighted by Gasteiger charge is -2.19. The van der Waals surface area contributed by atoms with E-state index in [-0.39, 0.29) is 0 Å². The Morgan fingerprint density at radius 3 is 2.23 bits per heavy atom. The van der Waals surface area contributed by atoms with E-state index in [0.717, 1.165) is 19.6 Å². The molecule has 0 fully saturated rings. The summed E-state index contributed by atoms with van der Waals surface area (Å²) in [5.74, 6) is 0. The van der Waals surface area contributed by atoms with Crippen molar-refractivity contribution in [3.8, 4) is 0 Å². The first-order valence-electron chi connectivity index (χ1n) is 7.83. The van der Waals surface area contributed by atoms with E-state index in [9.17, 15) is 0 Å². The molecule has 0 atom stereocenters. The fourth-order valence-corrected chi connectivity index (χ4v) is 3.66. The zero-order valence-corrected chi connectivity index (χ0v) is 12.3. The van der Waals surface area contributed by atoms with Gasteiger partial charge in [-0.2, -0.15) is 0 Å². The molecule has 0 bridgehead atoms. The van der Waals surface area contributed by atoms with Crippen LogP contribution in [0, 0.1) is 0 Å². The molecule has 1 aliphatic rings. The van der Waals surface area contributed by atoms with Crippen LogP contribution >= 0.6 is 0 Å². The maximum atomic E-state index is 5.59. The SMILES string of the molecule is c1ccc2cc3cc4c5c(ccc4cc3cc2c1)COCC5. The second kappa shape index (κ2) is 4.56. The molecule has 22 heavy (non-hydrogen) atoms. The van der Waals surface area contributed by atoms with Gasteiger partial charge in [0.1, 0.15) is 0 Å². The van der Waals surface area contributed by atoms with Crippen LogP contribution in [-0.4, -0.2) is 6.61 Å². The van der Waals surface area contributed by atoms with Crippen molar-refractivity contribution in [2.24, 2.45) is 0 Å². The summed E-state index contributed by atoms with van der Waals surface area (Å²) in [4.78, 5) is 0. The number of ether oxygens (including phenoxy) is 1. The number of fused-ring (bicyclic) bond motifs is 5. The highest BCUT2D eigenvalue weighted by atomic mass is 16.5. The number of rotatable bonds is 0. The highest BCUT2D eigenvalue weighted by Crippen LogP contribution is 2.32. The summed E-state index contributed by atoms with van der Waals surface area (Å²) < 4.78 is 5.59. The lowest BCUT2D eigenvalue weighted by Crippen LogP contribution is -2.09. The zero-order chi connectivity index (χ0) is 14.5. The van der Waals surface area contributed by atoms with Gasteiger partial charge in [-0.1, -0.05) is 36.4 Å². The molecule has 0 saturated heterocycles. The summed E-state index contributed by atoms with van der Waals surface area (Å²) in [6.45, 7) is 1.59. The van der Waals surface area contributed by atoms with Gasteiger partial charge in [0.05, 0.1) is 13.2 Å². The Balaban J connectivity index is 1.89. The van der Waals surface area contributed by atoms with Crippen molar-refractivity contribution in [2.45, 2.75) is 13.0 Å². The van der Waals surface area contributed by atoms with Gasteiger partial charge in [0.2, 0.25) is 0 Å². The van der Waals surface area contributed by atoms with Crippen molar-refractivity contribution in [3.05, 3.63) is 71.8 Å². The molecular weight excluding hydrogens is 268 g/mol. The quantitative estimate of drug-likeness (QED) is 0.402. The normalized spacial score (nSPS) is 14.5. The van der Waals surface area contributed by atoms with Gasteiger partial charge in [0.15, 0.2) is 0 Å². The van der Waals surface area contributed by atoms with Crippen molar-refractivity contribution in [3.63, 3.8) is 0 Å². The smallest absolute Gasteiger partial charge is 0.0719 e. The maximum absolute atomic E-state index is 5.59. The minimum absolute atomic E-state index is 0.751. The molecule has 0 amide bonds. The number of benzene rings is 4. The van der Waals surface area contributed by atoms with Crippen LogP contribution in [-0.2, 0) is 17.8 Å². The van der Waals surface area contributed by atoms with Crippen LogP contribution in [0.4, 0.5) is 0 Å². The third-order valence-electron chi connectivity index (χ3n) is 4.80. The number of hydrogen-bond acceptors (Lipinski definition) is 1. The first kappa shape index (κ1) is 12.2. The molecule has 5 rings (SSSR count). The van der Waals surface area contributed by atoms with E-state index in [4.69, 9.17) is 4.74 Å². The van der Waals surface area contributed by atoms with E-state index in [1.807, 2.05) is 0 Å². The maximum Gasteiger partial charge on any atom is 0.0719 e. The number of hydrogen-bond donors (Lipinski definition) is 0. The van der Waals surface area contributed by atoms with E-state index in [2.05, 4.69) is 60.7 Å². The van der Waals surface area contributed by atoms with Crippen LogP contribution in [0.25, 0.3) is 32.3 Å². The first-order chi connectivity index (χ1) is 10.9. The summed E-state index contributed by atoms with van der Waals surface area (Å²) >= 11 is 0. The highest BCUT2D eigenvalue weighted by Gasteiger charge is 2.13. The summed E-state index contributed by atoms with van der Waals surface area (Å²) in [6.07, 6.45) is 1.02. The van der Waals surface area contributed by atoms with Crippen LogP contribution in [0.2, 0.25) is 0 Å². The molecule has 4 aromatic carbocycles. The van der Waals surface area contributed by atoms with Crippen LogP contribution in [0.15, 0.2) is 60.7 Å². The molecule has 1 heterocycles. The molecule has 1 nitrogen and oxygen atoms in total. The van der Waals surface area contributed by atoms with Crippen LogP contribution in [0.5, 0.6) is 0 Å². The van der Waals surface area contributed by atoms with Crippen LogP contribution < -0.4 is 0 Å². The van der Waals surface area contributed by atoms with Gasteiger partial charge in [-0.25, -0.2) is 0 Å². The lowest BCUT2D eigenvalue weighted by atomic mass is 9.93. The summed E-state index contributed by atoms with van der Waals surface area (Å²) in [6, 6.07) is 22.3. The minimum Gasteiger partial charge on any atom is -0.376 e. The Morgan fingerprint density at radius 2 is 1.41 bits per heavy atom. The molecule has 0 saturated carbocycles. The third-order valence-corrected chi connectivity index (χ3v) is 4.80. The standard InChI is InChI=1S/C21H16O/c1-2-4-15-10-19-12-21-16(11-18(19)9-14(15)3-1)5-6-17-13-22-8-7-20(17)21/h1-6,9-12H,7-8,13H2. The monoisotopic (exact) mass is 284 g/mol. The molecule has 0 N–H and O–H groups in total. The second-order valence-corrected chi connectivity index (χ2v) is 6.13. The fourth-order valence-electron chi connectivity index (χ4n) is 3.66. The van der Waals surface area contributed by atoms with E-state index >= 15 is 0 Å². The van der Waals surface area contributed by atoms with Crippen molar-refractivity contribution < 1.29 is 4.74 Å². The third kappa shape index (κ3) is 1.76. The van der Waals surface area contributed by atoms with Crippen molar-refractivity contribution in [1.29, 1.82) is 0 Å². The van der Waals surface area contributed by atoms with E-state index in [1.165, 1.54) is 43.4 Å². The molecule has 0 radical (unpaired) electrons. The van der Waals surface area contributed by atoms with E-state index in [0.29, 0.717) is 0 Å². The van der Waals surface area contributed by atoms with Crippen molar-refractivity contribution in [1.82, 2.24) is 0 Å². The van der Waals surface area contributed by atoms with E-state index < -0.39 is 0 Å². The van der Waals surface area contributed by atoms with E-state index in [1.54, 1.807) is 0 Å². The molecule has 1 aliphatic heterocycles. The van der Waals surface area contributed by atoms with Gasteiger partial charge >= 0.3 is 0 Å². The van der Waals surface area contributed by atoms with Gasteiger partial charge in [-0.3, -0.25) is 0 Å². The summed E-state index contributed by atoms with van der Waals surface area (Å²) in [7, 11) is 0. The second-order valence-electron chi connectivity index (χ2n) is 6.13. The Morgan fingerprint density at radius 1 is 0.682 bits per heavy atom. The van der Waals surface area contributed by atoms with Gasteiger partial charge in [0, 0.05) is 0 Å². The topological polar surface area (TPSA) is 9.23 Å². The molecule has 0 unspecified atom stereocenters. The predicted octanol–water partition coefficient (Wildman–Crippen LogP) is 5.22. The Hall–Kier alpha value is -2.38. The molecular formula is C21H16O. The lowest BCUT2D eigenvalue weighted by molar-refractivity contribution is 0.111. The van der Waals surface area contributed by atoms with Gasteiger partial charge < -0.3 is 4.74 Å². The molecule has 0 spiro atoms. The Labute approximate surface area is 129 Å². The van der Waals surface area contributed by atoms with Crippen LogP contribution in [0.3, 0.4) is 0 Å². The Kier molecular flexibility index (Phi) is 2.53. The van der Waals surface area contributed by atoms with Crippen LogP contribution in [0.1, 0.15) is 11.1 Å². The van der Waals surface area contributed by atoms with Gasteiger partial charge in [-0.15, -0.1) is 0 Å². The average Bonchev–Trinajstić information content (AvgIpc) is 2.58. The fraction of sp³-hybridized carbons (Fsp3) is 0.143. The molecule has 4 aromatic rings. The minimum atomic E-state index is 0.751.